The molecule has 0 atom stereocenters. The number of carbonyl (C=O) groups excluding carboxylic acids is 2. The molecule has 1 N–H and O–H groups in total. The van der Waals surface area contributed by atoms with Crippen LogP contribution in [-0.2, 0) is 16.0 Å². The largest absolute Gasteiger partial charge is 0.465 e. The number of ketones is 1. The predicted octanol–water partition coefficient (Wildman–Crippen LogP) is 4.86. The zero-order chi connectivity index (χ0) is 19.8. The molecule has 1 aromatic carbocycles. The summed E-state index contributed by atoms with van der Waals surface area (Å²) in [5.41, 5.74) is 1.80. The van der Waals surface area contributed by atoms with Gasteiger partial charge in [0.2, 0.25) is 5.78 Å². The minimum atomic E-state index is -0.0450. The number of hydrogen-bond donors (Lipinski definition) is 1. The molecule has 28 heavy (non-hydrogen) atoms. The van der Waals surface area contributed by atoms with Crippen LogP contribution in [0.15, 0.2) is 30.5 Å². The van der Waals surface area contributed by atoms with E-state index in [4.69, 9.17) is 4.74 Å². The van der Waals surface area contributed by atoms with Crippen LogP contribution in [0.1, 0.15) is 66.2 Å². The molecule has 0 unspecified atom stereocenters. The van der Waals surface area contributed by atoms with E-state index in [1.165, 1.54) is 17.8 Å². The van der Waals surface area contributed by atoms with Gasteiger partial charge in [0.05, 0.1) is 23.6 Å². The van der Waals surface area contributed by atoms with E-state index >= 15 is 0 Å². The summed E-state index contributed by atoms with van der Waals surface area (Å²) < 4.78 is 5.40. The quantitative estimate of drug-likeness (QED) is 0.370. The lowest BCUT2D eigenvalue weighted by Crippen LogP contribution is -2.21. The Hall–Kier alpha value is -2.21. The number of ether oxygens (including phenoxy) is 1. The molecule has 0 radical (unpaired) electrons. The van der Waals surface area contributed by atoms with Crippen LogP contribution in [0.5, 0.6) is 0 Å². The topological polar surface area (TPSA) is 68.3 Å². The molecule has 6 heteroatoms. The van der Waals surface area contributed by atoms with E-state index in [0.29, 0.717) is 18.0 Å². The Morgan fingerprint density at radius 1 is 1.21 bits per heavy atom. The number of rotatable bonds is 9. The zero-order valence-electron chi connectivity index (χ0n) is 16.4. The average Bonchev–Trinajstić information content (AvgIpc) is 3.22. The minimum Gasteiger partial charge on any atom is -0.465 e. The van der Waals surface area contributed by atoms with Crippen molar-refractivity contribution < 1.29 is 14.3 Å². The first-order valence-electron chi connectivity index (χ1n) is 10.2. The Bertz CT molecular complexity index is 797. The number of thiazole rings is 1. The van der Waals surface area contributed by atoms with Crippen LogP contribution in [-0.4, -0.2) is 29.9 Å². The number of benzene rings is 1. The SMILES string of the molecule is CCc1ccccc1C(=O)c1cnc(NCCCOC(=O)C2CCCCC2)s1. The van der Waals surface area contributed by atoms with Crippen molar-refractivity contribution in [1.82, 2.24) is 4.98 Å². The normalized spacial score (nSPS) is 14.6. The van der Waals surface area contributed by atoms with Crippen LogP contribution in [0.25, 0.3) is 0 Å². The molecule has 0 aliphatic heterocycles. The molecule has 1 fully saturated rings. The highest BCUT2D eigenvalue weighted by Crippen LogP contribution is 2.25. The molecule has 0 spiro atoms. The Balaban J connectivity index is 1.42. The van der Waals surface area contributed by atoms with Gasteiger partial charge in [-0.15, -0.1) is 0 Å². The van der Waals surface area contributed by atoms with Gasteiger partial charge in [-0.25, -0.2) is 4.98 Å². The number of nitrogens with zero attached hydrogens (tertiary/aromatic N) is 1. The highest BCUT2D eigenvalue weighted by molar-refractivity contribution is 7.17. The minimum absolute atomic E-state index is 0.0180. The summed E-state index contributed by atoms with van der Waals surface area (Å²) in [4.78, 5) is 29.7. The number of aromatic nitrogens is 1. The summed E-state index contributed by atoms with van der Waals surface area (Å²) in [6.07, 6.45) is 8.61. The van der Waals surface area contributed by atoms with Crippen LogP contribution in [0.2, 0.25) is 0 Å². The molecule has 150 valence electrons. The molecule has 0 amide bonds. The maximum atomic E-state index is 12.7. The van der Waals surface area contributed by atoms with E-state index in [2.05, 4.69) is 10.3 Å². The van der Waals surface area contributed by atoms with Gasteiger partial charge >= 0.3 is 5.97 Å². The van der Waals surface area contributed by atoms with Crippen molar-refractivity contribution >= 4 is 28.2 Å². The first-order valence-corrected chi connectivity index (χ1v) is 11.0. The molecule has 3 rings (SSSR count). The third kappa shape index (κ3) is 5.41. The predicted molar refractivity (Wildman–Crippen MR) is 112 cm³/mol. The van der Waals surface area contributed by atoms with Gasteiger partial charge in [-0.1, -0.05) is 61.8 Å². The third-order valence-corrected chi connectivity index (χ3v) is 6.11. The fraction of sp³-hybridized carbons (Fsp3) is 0.500. The van der Waals surface area contributed by atoms with Gasteiger partial charge in [-0.3, -0.25) is 9.59 Å². The summed E-state index contributed by atoms with van der Waals surface area (Å²) in [5, 5.41) is 3.94. The number of nitrogens with one attached hydrogen (secondary N) is 1. The van der Waals surface area contributed by atoms with Gasteiger partial charge in [0.1, 0.15) is 0 Å². The molecule has 1 aliphatic rings. The van der Waals surface area contributed by atoms with Crippen molar-refractivity contribution in [2.75, 3.05) is 18.5 Å². The van der Waals surface area contributed by atoms with E-state index in [0.717, 1.165) is 54.8 Å². The molecule has 0 saturated heterocycles. The van der Waals surface area contributed by atoms with Gasteiger partial charge in [0.25, 0.3) is 0 Å². The van der Waals surface area contributed by atoms with Gasteiger partial charge in [0, 0.05) is 12.1 Å². The monoisotopic (exact) mass is 400 g/mol. The standard InChI is InChI=1S/C22H28N2O3S/c1-2-16-9-6-7-12-18(16)20(25)19-15-24-22(28-19)23-13-8-14-27-21(26)17-10-4-3-5-11-17/h6-7,9,12,15,17H,2-5,8,10-11,13-14H2,1H3,(H,23,24). The van der Waals surface area contributed by atoms with Crippen molar-refractivity contribution in [2.45, 2.75) is 51.9 Å². The lowest BCUT2D eigenvalue weighted by molar-refractivity contribution is -0.149. The van der Waals surface area contributed by atoms with E-state index in [9.17, 15) is 9.59 Å². The smallest absolute Gasteiger partial charge is 0.308 e. The molecule has 2 aromatic rings. The van der Waals surface area contributed by atoms with Crippen molar-refractivity contribution in [3.8, 4) is 0 Å². The second-order valence-electron chi connectivity index (χ2n) is 7.15. The molecule has 1 saturated carbocycles. The number of carbonyl (C=O) groups is 2. The first-order chi connectivity index (χ1) is 13.7. The van der Waals surface area contributed by atoms with Gasteiger partial charge < -0.3 is 10.1 Å². The average molecular weight is 401 g/mol. The van der Waals surface area contributed by atoms with E-state index in [-0.39, 0.29) is 17.7 Å². The molecule has 1 aliphatic carbocycles. The van der Waals surface area contributed by atoms with Crippen molar-refractivity contribution in [2.24, 2.45) is 5.92 Å². The highest BCUT2D eigenvalue weighted by Gasteiger charge is 2.22. The lowest BCUT2D eigenvalue weighted by atomic mass is 9.89. The van der Waals surface area contributed by atoms with Gasteiger partial charge in [0.15, 0.2) is 5.13 Å². The van der Waals surface area contributed by atoms with Crippen LogP contribution >= 0.6 is 11.3 Å². The van der Waals surface area contributed by atoms with Gasteiger partial charge in [-0.2, -0.15) is 0 Å². The van der Waals surface area contributed by atoms with Crippen molar-refractivity contribution in [3.63, 3.8) is 0 Å². The second-order valence-corrected chi connectivity index (χ2v) is 8.18. The summed E-state index contributed by atoms with van der Waals surface area (Å²) >= 11 is 1.36. The molecule has 1 heterocycles. The van der Waals surface area contributed by atoms with Crippen LogP contribution in [0.3, 0.4) is 0 Å². The van der Waals surface area contributed by atoms with E-state index in [1.807, 2.05) is 31.2 Å². The molecule has 0 bridgehead atoms. The second kappa shape index (κ2) is 10.4. The highest BCUT2D eigenvalue weighted by atomic mass is 32.1. The number of aryl methyl sites for hydroxylation is 1. The van der Waals surface area contributed by atoms with Crippen LogP contribution in [0, 0.1) is 5.92 Å². The Kier molecular flexibility index (Phi) is 7.60. The number of anilines is 1. The summed E-state index contributed by atoms with van der Waals surface area (Å²) in [6, 6.07) is 7.70. The summed E-state index contributed by atoms with van der Waals surface area (Å²) in [5.74, 6) is 0.0704. The number of esters is 1. The maximum Gasteiger partial charge on any atom is 0.308 e. The maximum absolute atomic E-state index is 12.7. The van der Waals surface area contributed by atoms with E-state index < -0.39 is 0 Å². The van der Waals surface area contributed by atoms with Crippen molar-refractivity contribution in [1.29, 1.82) is 0 Å². The van der Waals surface area contributed by atoms with Crippen LogP contribution in [0.4, 0.5) is 5.13 Å². The molecular formula is C22H28N2O3S. The van der Waals surface area contributed by atoms with E-state index in [1.54, 1.807) is 6.20 Å². The number of hydrogen-bond acceptors (Lipinski definition) is 6. The van der Waals surface area contributed by atoms with Crippen molar-refractivity contribution in [3.05, 3.63) is 46.5 Å². The first kappa shape index (κ1) is 20.5. The fourth-order valence-electron chi connectivity index (χ4n) is 3.54. The summed E-state index contributed by atoms with van der Waals surface area (Å²) in [6.45, 7) is 3.13. The zero-order valence-corrected chi connectivity index (χ0v) is 17.2. The fourth-order valence-corrected chi connectivity index (χ4v) is 4.34. The Morgan fingerprint density at radius 3 is 2.79 bits per heavy atom. The molecule has 5 nitrogen and oxygen atoms in total. The third-order valence-electron chi connectivity index (χ3n) is 5.15. The Morgan fingerprint density at radius 2 is 2.00 bits per heavy atom. The van der Waals surface area contributed by atoms with Gasteiger partial charge in [-0.05, 0) is 31.2 Å². The summed E-state index contributed by atoms with van der Waals surface area (Å²) in [7, 11) is 0. The molecule has 1 aromatic heterocycles. The Labute approximate surface area is 170 Å². The molecular weight excluding hydrogens is 372 g/mol. The van der Waals surface area contributed by atoms with Crippen LogP contribution < -0.4 is 5.32 Å². The lowest BCUT2D eigenvalue weighted by Gasteiger charge is -2.19.